The number of sulfonamides is 1. The minimum Gasteiger partial charge on any atom is -0.213 e. The lowest BCUT2D eigenvalue weighted by molar-refractivity contribution is 0.587. The van der Waals surface area contributed by atoms with Gasteiger partial charge < -0.3 is 0 Å². The summed E-state index contributed by atoms with van der Waals surface area (Å²) in [4.78, 5) is 0. The summed E-state index contributed by atoms with van der Waals surface area (Å²) in [7, 11) is -3.20. The van der Waals surface area contributed by atoms with Gasteiger partial charge in [0.1, 0.15) is 0 Å². The van der Waals surface area contributed by atoms with Gasteiger partial charge in [-0.1, -0.05) is 66.2 Å². The molecule has 3 aromatic rings. The van der Waals surface area contributed by atoms with Crippen molar-refractivity contribution in [1.29, 1.82) is 0 Å². The van der Waals surface area contributed by atoms with Crippen molar-refractivity contribution < 1.29 is 8.42 Å². The molecule has 0 radical (unpaired) electrons. The van der Waals surface area contributed by atoms with Crippen LogP contribution in [0.1, 0.15) is 33.4 Å². The molecule has 0 saturated heterocycles. The highest BCUT2D eigenvalue weighted by atomic mass is 35.5. The van der Waals surface area contributed by atoms with E-state index in [1.165, 1.54) is 34.1 Å². The lowest BCUT2D eigenvalue weighted by Gasteiger charge is -2.13. The van der Waals surface area contributed by atoms with Crippen molar-refractivity contribution in [2.45, 2.75) is 19.4 Å². The quantitative estimate of drug-likeness (QED) is 0.636. The van der Waals surface area contributed by atoms with Crippen LogP contribution in [0.2, 0.25) is 5.02 Å². The van der Waals surface area contributed by atoms with Crippen molar-refractivity contribution in [3.63, 3.8) is 0 Å². The smallest absolute Gasteiger partial charge is 0.209 e. The van der Waals surface area contributed by atoms with E-state index < -0.39 is 10.0 Å². The average Bonchev–Trinajstić information content (AvgIpc) is 2.84. The van der Waals surface area contributed by atoms with Crippen LogP contribution < -0.4 is 4.72 Å². The van der Waals surface area contributed by atoms with E-state index in [2.05, 4.69) is 47.2 Å². The molecule has 0 atom stereocenters. The Kier molecular flexibility index (Phi) is 5.59. The van der Waals surface area contributed by atoms with Crippen LogP contribution in [0.4, 0.5) is 0 Å². The molecule has 1 N–H and O–H groups in total. The van der Waals surface area contributed by atoms with Crippen LogP contribution in [0.5, 0.6) is 0 Å². The maximum atomic E-state index is 11.3. The third-order valence-corrected chi connectivity index (χ3v) is 6.06. The van der Waals surface area contributed by atoms with Crippen LogP contribution in [0.25, 0.3) is 11.6 Å². The van der Waals surface area contributed by atoms with E-state index in [1.54, 1.807) is 0 Å². The number of aryl methyl sites for hydroxylation is 2. The van der Waals surface area contributed by atoms with Gasteiger partial charge in [0.05, 0.1) is 6.26 Å². The molecule has 148 valence electrons. The Labute approximate surface area is 177 Å². The van der Waals surface area contributed by atoms with E-state index >= 15 is 0 Å². The van der Waals surface area contributed by atoms with E-state index in [1.807, 2.05) is 30.3 Å². The number of nitrogens with one attached hydrogen (secondary N) is 1. The van der Waals surface area contributed by atoms with Crippen molar-refractivity contribution >= 4 is 33.3 Å². The molecule has 4 rings (SSSR count). The molecule has 3 aromatic carbocycles. The van der Waals surface area contributed by atoms with E-state index in [-0.39, 0.29) is 0 Å². The third kappa shape index (κ3) is 4.78. The van der Waals surface area contributed by atoms with Gasteiger partial charge in [0.2, 0.25) is 10.0 Å². The van der Waals surface area contributed by atoms with Gasteiger partial charge in [-0.15, -0.1) is 0 Å². The van der Waals surface area contributed by atoms with Crippen molar-refractivity contribution in [3.8, 4) is 0 Å². The highest BCUT2D eigenvalue weighted by Crippen LogP contribution is 2.36. The SMILES string of the molecule is CS(=O)(=O)NCc1ccc(C=C2c3ccccc3CCc3cc(Cl)ccc32)cc1. The third-order valence-electron chi connectivity index (χ3n) is 5.16. The van der Waals surface area contributed by atoms with E-state index in [4.69, 9.17) is 11.6 Å². The number of benzene rings is 3. The molecule has 0 heterocycles. The normalized spacial score (nSPS) is 14.9. The van der Waals surface area contributed by atoms with Crippen LogP contribution in [-0.4, -0.2) is 14.7 Å². The van der Waals surface area contributed by atoms with E-state index in [9.17, 15) is 8.42 Å². The highest BCUT2D eigenvalue weighted by molar-refractivity contribution is 7.88. The van der Waals surface area contributed by atoms with Crippen LogP contribution in [0.15, 0.2) is 66.7 Å². The first kappa shape index (κ1) is 19.9. The Bertz CT molecular complexity index is 1180. The molecule has 0 bridgehead atoms. The second kappa shape index (κ2) is 8.15. The summed E-state index contributed by atoms with van der Waals surface area (Å²) in [6.07, 6.45) is 5.31. The van der Waals surface area contributed by atoms with E-state index in [0.717, 1.165) is 29.0 Å². The Balaban J connectivity index is 1.74. The summed E-state index contributed by atoms with van der Waals surface area (Å²) in [6, 6.07) is 22.6. The van der Waals surface area contributed by atoms with Crippen LogP contribution >= 0.6 is 11.6 Å². The fourth-order valence-corrected chi connectivity index (χ4v) is 4.34. The minimum absolute atomic E-state index is 0.292. The summed E-state index contributed by atoms with van der Waals surface area (Å²) in [5, 5.41) is 0.761. The van der Waals surface area contributed by atoms with Crippen molar-refractivity contribution in [3.05, 3.63) is 105 Å². The minimum atomic E-state index is -3.20. The zero-order valence-electron chi connectivity index (χ0n) is 16.2. The lowest BCUT2D eigenvalue weighted by Crippen LogP contribution is -2.21. The second-order valence-corrected chi connectivity index (χ2v) is 9.62. The number of hydrogen-bond donors (Lipinski definition) is 1. The largest absolute Gasteiger partial charge is 0.213 e. The molecule has 0 spiro atoms. The van der Waals surface area contributed by atoms with Gasteiger partial charge in [0, 0.05) is 11.6 Å². The summed E-state index contributed by atoms with van der Waals surface area (Å²) < 4.78 is 25.1. The fraction of sp³-hybridized carbons (Fsp3) is 0.167. The van der Waals surface area contributed by atoms with Crippen LogP contribution in [0, 0.1) is 0 Å². The molecule has 0 fully saturated rings. The maximum absolute atomic E-state index is 11.3. The Morgan fingerprint density at radius 3 is 2.38 bits per heavy atom. The Morgan fingerprint density at radius 1 is 0.931 bits per heavy atom. The van der Waals surface area contributed by atoms with Gasteiger partial charge in [-0.25, -0.2) is 13.1 Å². The van der Waals surface area contributed by atoms with Gasteiger partial charge in [-0.3, -0.25) is 0 Å². The molecule has 0 unspecified atom stereocenters. The predicted octanol–water partition coefficient (Wildman–Crippen LogP) is 5.08. The molecular weight excluding hydrogens is 402 g/mol. The maximum Gasteiger partial charge on any atom is 0.209 e. The molecule has 0 amide bonds. The first-order valence-electron chi connectivity index (χ1n) is 9.51. The predicted molar refractivity (Wildman–Crippen MR) is 120 cm³/mol. The van der Waals surface area contributed by atoms with Gasteiger partial charge in [0.15, 0.2) is 0 Å². The van der Waals surface area contributed by atoms with Crippen molar-refractivity contribution in [1.82, 2.24) is 4.72 Å². The highest BCUT2D eigenvalue weighted by Gasteiger charge is 2.18. The Hall–Kier alpha value is -2.40. The summed E-state index contributed by atoms with van der Waals surface area (Å²) in [6.45, 7) is 0.292. The first-order valence-corrected chi connectivity index (χ1v) is 11.8. The molecule has 0 saturated carbocycles. The summed E-state index contributed by atoms with van der Waals surface area (Å²) in [5.41, 5.74) is 8.23. The zero-order chi connectivity index (χ0) is 20.4. The monoisotopic (exact) mass is 423 g/mol. The number of rotatable bonds is 4. The lowest BCUT2D eigenvalue weighted by atomic mass is 9.92. The van der Waals surface area contributed by atoms with E-state index in [0.29, 0.717) is 6.54 Å². The fourth-order valence-electron chi connectivity index (χ4n) is 3.72. The molecular formula is C24H22ClNO2S. The molecule has 0 aliphatic heterocycles. The zero-order valence-corrected chi connectivity index (χ0v) is 17.7. The molecule has 3 nitrogen and oxygen atoms in total. The van der Waals surface area contributed by atoms with Crippen molar-refractivity contribution in [2.24, 2.45) is 0 Å². The molecule has 0 aromatic heterocycles. The summed E-state index contributed by atoms with van der Waals surface area (Å²) >= 11 is 6.26. The molecule has 29 heavy (non-hydrogen) atoms. The first-order chi connectivity index (χ1) is 13.9. The summed E-state index contributed by atoms with van der Waals surface area (Å²) in [5.74, 6) is 0. The average molecular weight is 424 g/mol. The van der Waals surface area contributed by atoms with Gasteiger partial charge >= 0.3 is 0 Å². The van der Waals surface area contributed by atoms with Crippen LogP contribution in [0.3, 0.4) is 0 Å². The standard InChI is InChI=1S/C24H22ClNO2S/c1-29(27,28)26-16-18-8-6-17(7-9-18)14-24-22-5-3-2-4-19(22)10-11-20-15-21(25)12-13-23(20)24/h2-9,12-15,26H,10-11,16H2,1H3. The molecule has 1 aliphatic carbocycles. The molecule has 1 aliphatic rings. The number of halogens is 1. The Morgan fingerprint density at radius 2 is 1.62 bits per heavy atom. The topological polar surface area (TPSA) is 46.2 Å². The second-order valence-electron chi connectivity index (χ2n) is 7.35. The van der Waals surface area contributed by atoms with Gasteiger partial charge in [0.25, 0.3) is 0 Å². The van der Waals surface area contributed by atoms with Gasteiger partial charge in [-0.05, 0) is 70.0 Å². The number of fused-ring (bicyclic) bond motifs is 2. The van der Waals surface area contributed by atoms with Gasteiger partial charge in [-0.2, -0.15) is 0 Å². The van der Waals surface area contributed by atoms with Crippen molar-refractivity contribution in [2.75, 3.05) is 6.26 Å². The number of hydrogen-bond acceptors (Lipinski definition) is 2. The van der Waals surface area contributed by atoms with Crippen LogP contribution in [-0.2, 0) is 29.4 Å². The molecule has 5 heteroatoms.